The molecular formula is C11H19NO3. The number of nitrogens with one attached hydrogen (secondary N) is 1. The van der Waals surface area contributed by atoms with Gasteiger partial charge in [0, 0.05) is 13.1 Å². The fourth-order valence-corrected chi connectivity index (χ4v) is 2.81. The molecule has 15 heavy (non-hydrogen) atoms. The number of aliphatic hydroxyl groups is 1. The smallest absolute Gasteiger partial charge is 0.308 e. The van der Waals surface area contributed by atoms with E-state index in [9.17, 15) is 9.90 Å². The van der Waals surface area contributed by atoms with Crippen molar-refractivity contribution < 1.29 is 14.6 Å². The number of ether oxygens (including phenoxy) is 1. The first-order chi connectivity index (χ1) is 7.22. The summed E-state index contributed by atoms with van der Waals surface area (Å²) in [5.74, 6) is 0.380. The largest absolute Gasteiger partial charge is 0.466 e. The third-order valence-corrected chi connectivity index (χ3v) is 3.57. The lowest BCUT2D eigenvalue weighted by atomic mass is 9.71. The van der Waals surface area contributed by atoms with E-state index in [1.807, 2.05) is 6.92 Å². The second kappa shape index (κ2) is 4.49. The molecule has 0 amide bonds. The number of fused-ring (bicyclic) bond motifs is 2. The summed E-state index contributed by atoms with van der Waals surface area (Å²) in [6, 6.07) is 0. The number of hydrogen-bond donors (Lipinski definition) is 2. The van der Waals surface area contributed by atoms with E-state index < -0.39 is 0 Å². The van der Waals surface area contributed by atoms with Crippen LogP contribution in [0.5, 0.6) is 0 Å². The second-order valence-corrected chi connectivity index (χ2v) is 4.59. The minimum absolute atomic E-state index is 0.00505. The maximum absolute atomic E-state index is 11.6. The van der Waals surface area contributed by atoms with Gasteiger partial charge in [-0.3, -0.25) is 4.79 Å². The van der Waals surface area contributed by atoms with E-state index in [4.69, 9.17) is 4.74 Å². The predicted octanol–water partition coefficient (Wildman–Crippen LogP) is 0.156. The van der Waals surface area contributed by atoms with Gasteiger partial charge in [-0.05, 0) is 31.6 Å². The molecule has 2 rings (SSSR count). The lowest BCUT2D eigenvalue weighted by Crippen LogP contribution is -2.52. The fraction of sp³-hybridized carbons (Fsp3) is 0.909. The van der Waals surface area contributed by atoms with Crippen LogP contribution in [0, 0.1) is 17.8 Å². The summed E-state index contributed by atoms with van der Waals surface area (Å²) in [7, 11) is 0. The van der Waals surface area contributed by atoms with Crippen LogP contribution in [0.15, 0.2) is 0 Å². The third-order valence-electron chi connectivity index (χ3n) is 3.57. The van der Waals surface area contributed by atoms with Crippen LogP contribution in [-0.4, -0.2) is 36.9 Å². The molecule has 2 atom stereocenters. The van der Waals surface area contributed by atoms with E-state index in [2.05, 4.69) is 5.32 Å². The van der Waals surface area contributed by atoms with Crippen molar-refractivity contribution in [3.8, 4) is 0 Å². The Morgan fingerprint density at radius 1 is 1.40 bits per heavy atom. The quantitative estimate of drug-likeness (QED) is 0.641. The number of piperidine rings is 1. The number of carbonyl (C=O) groups excluding carboxylic acids is 1. The summed E-state index contributed by atoms with van der Waals surface area (Å²) in [6.45, 7) is 3.94. The number of hydrogen-bond acceptors (Lipinski definition) is 4. The maximum Gasteiger partial charge on any atom is 0.308 e. The van der Waals surface area contributed by atoms with Crippen molar-refractivity contribution in [3.05, 3.63) is 0 Å². The van der Waals surface area contributed by atoms with Crippen LogP contribution in [0.2, 0.25) is 0 Å². The molecule has 4 heteroatoms. The predicted molar refractivity (Wildman–Crippen MR) is 55.2 cm³/mol. The Labute approximate surface area is 90.0 Å². The van der Waals surface area contributed by atoms with E-state index in [0.717, 1.165) is 25.9 Å². The van der Waals surface area contributed by atoms with Crippen LogP contribution >= 0.6 is 0 Å². The molecule has 0 aromatic heterocycles. The highest BCUT2D eigenvalue weighted by Crippen LogP contribution is 2.36. The van der Waals surface area contributed by atoms with Crippen molar-refractivity contribution in [2.24, 2.45) is 17.8 Å². The third kappa shape index (κ3) is 2.16. The van der Waals surface area contributed by atoms with Crippen molar-refractivity contribution in [3.63, 3.8) is 0 Å². The first-order valence-electron chi connectivity index (χ1n) is 5.77. The van der Waals surface area contributed by atoms with Crippen molar-refractivity contribution >= 4 is 5.97 Å². The minimum atomic E-state index is -0.225. The number of rotatable bonds is 2. The molecule has 0 aromatic carbocycles. The molecule has 4 nitrogen and oxygen atoms in total. The Kier molecular flexibility index (Phi) is 3.26. The molecule has 0 aromatic rings. The van der Waals surface area contributed by atoms with Gasteiger partial charge in [0.05, 0.1) is 18.6 Å². The van der Waals surface area contributed by atoms with Crippen molar-refractivity contribution in [1.82, 2.24) is 5.32 Å². The van der Waals surface area contributed by atoms with E-state index >= 15 is 0 Å². The average Bonchev–Trinajstić information content (AvgIpc) is 2.17. The molecule has 0 spiro atoms. The van der Waals surface area contributed by atoms with Gasteiger partial charge in [0.2, 0.25) is 0 Å². The molecule has 1 saturated carbocycles. The second-order valence-electron chi connectivity index (χ2n) is 4.59. The maximum atomic E-state index is 11.6. The highest BCUT2D eigenvalue weighted by molar-refractivity contribution is 5.72. The Morgan fingerprint density at radius 2 is 2.00 bits per heavy atom. The fourth-order valence-electron chi connectivity index (χ4n) is 2.81. The normalized spacial score (nSPS) is 39.9. The van der Waals surface area contributed by atoms with Crippen LogP contribution in [0.1, 0.15) is 19.8 Å². The average molecular weight is 213 g/mol. The molecule has 2 aliphatic rings. The lowest BCUT2D eigenvalue weighted by Gasteiger charge is -2.42. The van der Waals surface area contributed by atoms with Gasteiger partial charge in [0.1, 0.15) is 0 Å². The monoisotopic (exact) mass is 213 g/mol. The van der Waals surface area contributed by atoms with Gasteiger partial charge < -0.3 is 15.2 Å². The molecule has 0 radical (unpaired) electrons. The summed E-state index contributed by atoms with van der Waals surface area (Å²) >= 11 is 0. The Hall–Kier alpha value is -0.610. The van der Waals surface area contributed by atoms with E-state index in [1.54, 1.807) is 0 Å². The van der Waals surface area contributed by atoms with E-state index in [0.29, 0.717) is 6.61 Å². The van der Waals surface area contributed by atoms with Crippen LogP contribution in [0.25, 0.3) is 0 Å². The van der Waals surface area contributed by atoms with Crippen molar-refractivity contribution in [2.75, 3.05) is 19.7 Å². The molecule has 1 aliphatic heterocycles. The van der Waals surface area contributed by atoms with E-state index in [-0.39, 0.29) is 29.8 Å². The van der Waals surface area contributed by atoms with Crippen LogP contribution in [0.3, 0.4) is 0 Å². The molecule has 86 valence electrons. The lowest BCUT2D eigenvalue weighted by molar-refractivity contribution is -0.153. The zero-order valence-electron chi connectivity index (χ0n) is 9.11. The van der Waals surface area contributed by atoms with Gasteiger partial charge in [-0.15, -0.1) is 0 Å². The number of esters is 1. The molecule has 1 aliphatic carbocycles. The van der Waals surface area contributed by atoms with Crippen LogP contribution < -0.4 is 5.32 Å². The molecular weight excluding hydrogens is 194 g/mol. The SMILES string of the molecule is CCOC(=O)C1CC2CNCC(C1)C2O. The van der Waals surface area contributed by atoms with Crippen molar-refractivity contribution in [2.45, 2.75) is 25.9 Å². The molecule has 2 unspecified atom stereocenters. The first-order valence-corrected chi connectivity index (χ1v) is 5.77. The van der Waals surface area contributed by atoms with Gasteiger partial charge in [-0.25, -0.2) is 0 Å². The summed E-state index contributed by atoms with van der Waals surface area (Å²) < 4.78 is 5.04. The molecule has 2 N–H and O–H groups in total. The van der Waals surface area contributed by atoms with Crippen LogP contribution in [0.4, 0.5) is 0 Å². The zero-order valence-corrected chi connectivity index (χ0v) is 9.11. The summed E-state index contributed by atoms with van der Waals surface area (Å²) in [5.41, 5.74) is 0. The number of aliphatic hydroxyl groups excluding tert-OH is 1. The van der Waals surface area contributed by atoms with Gasteiger partial charge in [-0.2, -0.15) is 0 Å². The zero-order chi connectivity index (χ0) is 10.8. The standard InChI is InChI=1S/C11H19NO3/c1-2-15-11(14)7-3-8-5-12-6-9(4-7)10(8)13/h7-10,12-13H,2-6H2,1H3. The number of carbonyl (C=O) groups is 1. The van der Waals surface area contributed by atoms with Gasteiger partial charge in [0.25, 0.3) is 0 Å². The van der Waals surface area contributed by atoms with Gasteiger partial charge >= 0.3 is 5.97 Å². The van der Waals surface area contributed by atoms with E-state index in [1.165, 1.54) is 0 Å². The first kappa shape index (κ1) is 10.9. The summed E-state index contributed by atoms with van der Waals surface area (Å²) in [6.07, 6.45) is 1.31. The molecule has 2 fully saturated rings. The highest BCUT2D eigenvalue weighted by atomic mass is 16.5. The Balaban J connectivity index is 1.98. The Morgan fingerprint density at radius 3 is 2.53 bits per heavy atom. The van der Waals surface area contributed by atoms with Crippen molar-refractivity contribution in [1.29, 1.82) is 0 Å². The van der Waals surface area contributed by atoms with Gasteiger partial charge in [0.15, 0.2) is 0 Å². The summed E-state index contributed by atoms with van der Waals surface area (Å²) in [4.78, 5) is 11.6. The minimum Gasteiger partial charge on any atom is -0.466 e. The highest BCUT2D eigenvalue weighted by Gasteiger charge is 2.41. The molecule has 1 heterocycles. The molecule has 2 bridgehead atoms. The Bertz CT molecular complexity index is 230. The van der Waals surface area contributed by atoms with Crippen LogP contribution in [-0.2, 0) is 9.53 Å². The molecule has 1 saturated heterocycles. The van der Waals surface area contributed by atoms with Gasteiger partial charge in [-0.1, -0.05) is 0 Å². The summed E-state index contributed by atoms with van der Waals surface area (Å²) in [5, 5.41) is 13.2. The topological polar surface area (TPSA) is 58.6 Å².